The minimum Gasteiger partial charge on any atom is -0.465 e. The van der Waals surface area contributed by atoms with E-state index in [0.717, 1.165) is 17.0 Å². The number of nitrogens with zero attached hydrogens (tertiary/aromatic N) is 1. The first-order valence-electron chi connectivity index (χ1n) is 7.19. The van der Waals surface area contributed by atoms with Crippen molar-refractivity contribution in [2.24, 2.45) is 4.99 Å². The number of carbonyl (C=O) groups is 1. The summed E-state index contributed by atoms with van der Waals surface area (Å²) in [6.45, 7) is 4.05. The van der Waals surface area contributed by atoms with Crippen LogP contribution in [-0.4, -0.2) is 11.1 Å². The van der Waals surface area contributed by atoms with Crippen LogP contribution >= 0.6 is 11.8 Å². The van der Waals surface area contributed by atoms with Crippen LogP contribution in [0.2, 0.25) is 0 Å². The van der Waals surface area contributed by atoms with Gasteiger partial charge in [0, 0.05) is 0 Å². The van der Waals surface area contributed by atoms with E-state index in [1.165, 1.54) is 17.3 Å². The van der Waals surface area contributed by atoms with Gasteiger partial charge in [0.15, 0.2) is 5.17 Å². The van der Waals surface area contributed by atoms with E-state index in [2.05, 4.69) is 16.4 Å². The molecule has 0 bridgehead atoms. The first-order chi connectivity index (χ1) is 11.1. The number of benzene rings is 1. The van der Waals surface area contributed by atoms with E-state index in [9.17, 15) is 4.79 Å². The number of thioether (sulfide) groups is 1. The molecule has 5 heteroatoms. The monoisotopic (exact) mass is 324 g/mol. The van der Waals surface area contributed by atoms with Crippen molar-refractivity contribution in [1.29, 1.82) is 0 Å². The van der Waals surface area contributed by atoms with Crippen molar-refractivity contribution in [1.82, 2.24) is 5.32 Å². The molecule has 116 valence electrons. The van der Waals surface area contributed by atoms with Crippen LogP contribution in [0.1, 0.15) is 16.9 Å². The van der Waals surface area contributed by atoms with Crippen LogP contribution in [0.4, 0.5) is 5.69 Å². The molecule has 1 aromatic heterocycles. The lowest BCUT2D eigenvalue weighted by Gasteiger charge is -2.02. The lowest BCUT2D eigenvalue weighted by atomic mass is 10.1. The highest BCUT2D eigenvalue weighted by atomic mass is 32.2. The van der Waals surface area contributed by atoms with E-state index in [4.69, 9.17) is 4.42 Å². The third-order valence-corrected chi connectivity index (χ3v) is 4.20. The molecule has 2 heterocycles. The number of aryl methyl sites for hydroxylation is 2. The molecule has 1 N–H and O–H groups in total. The molecule has 4 nitrogen and oxygen atoms in total. The number of allylic oxidation sites excluding steroid dienone is 2. The number of furan rings is 1. The van der Waals surface area contributed by atoms with Crippen LogP contribution < -0.4 is 5.32 Å². The molecule has 0 radical (unpaired) electrons. The van der Waals surface area contributed by atoms with Gasteiger partial charge in [0.05, 0.1) is 16.9 Å². The van der Waals surface area contributed by atoms with Crippen molar-refractivity contribution in [3.8, 4) is 0 Å². The van der Waals surface area contributed by atoms with E-state index in [1.807, 2.05) is 38.1 Å². The van der Waals surface area contributed by atoms with Crippen molar-refractivity contribution in [3.05, 3.63) is 70.5 Å². The Labute approximate surface area is 139 Å². The zero-order valence-electron chi connectivity index (χ0n) is 12.9. The standard InChI is InChI=1S/C18H16N2O2S/c1-12-8-9-15(13(2)11-12)19-18-20-17(21)16(23-18)7-3-5-14-6-4-10-22-14/h3-11H,1-2H3,(H,19,20,21)/b5-3+,16-7+. The van der Waals surface area contributed by atoms with Crippen LogP contribution in [0.5, 0.6) is 0 Å². The fourth-order valence-corrected chi connectivity index (χ4v) is 2.94. The van der Waals surface area contributed by atoms with Gasteiger partial charge < -0.3 is 9.73 Å². The fourth-order valence-electron chi connectivity index (χ4n) is 2.15. The average molecular weight is 324 g/mol. The molecule has 1 aromatic carbocycles. The molecule has 23 heavy (non-hydrogen) atoms. The summed E-state index contributed by atoms with van der Waals surface area (Å²) in [6, 6.07) is 9.71. The van der Waals surface area contributed by atoms with Gasteiger partial charge in [0.2, 0.25) is 0 Å². The molecular formula is C18H16N2O2S. The van der Waals surface area contributed by atoms with Gasteiger partial charge in [0.25, 0.3) is 5.91 Å². The number of aliphatic imine (C=N–C) groups is 1. The van der Waals surface area contributed by atoms with Crippen LogP contribution in [0.15, 0.2) is 63.1 Å². The van der Waals surface area contributed by atoms with Crippen molar-refractivity contribution in [2.75, 3.05) is 0 Å². The van der Waals surface area contributed by atoms with Crippen molar-refractivity contribution in [3.63, 3.8) is 0 Å². The number of rotatable bonds is 3. The third-order valence-electron chi connectivity index (χ3n) is 3.28. The zero-order chi connectivity index (χ0) is 16.2. The highest BCUT2D eigenvalue weighted by Crippen LogP contribution is 2.28. The summed E-state index contributed by atoms with van der Waals surface area (Å²) >= 11 is 1.33. The minimum atomic E-state index is -0.136. The van der Waals surface area contributed by atoms with E-state index in [-0.39, 0.29) is 5.91 Å². The Morgan fingerprint density at radius 1 is 1.26 bits per heavy atom. The molecule has 0 saturated carbocycles. The molecule has 1 fully saturated rings. The van der Waals surface area contributed by atoms with Crippen molar-refractivity contribution >= 4 is 34.6 Å². The average Bonchev–Trinajstić information content (AvgIpc) is 3.13. The molecule has 1 aliphatic rings. The van der Waals surface area contributed by atoms with Gasteiger partial charge in [-0.15, -0.1) is 0 Å². The lowest BCUT2D eigenvalue weighted by Crippen LogP contribution is -2.19. The van der Waals surface area contributed by atoms with E-state index in [1.54, 1.807) is 24.5 Å². The maximum atomic E-state index is 12.0. The second-order valence-electron chi connectivity index (χ2n) is 5.17. The summed E-state index contributed by atoms with van der Waals surface area (Å²) in [5.74, 6) is 0.608. The van der Waals surface area contributed by atoms with Gasteiger partial charge in [0.1, 0.15) is 5.76 Å². The molecule has 2 aromatic rings. The number of hydrogen-bond acceptors (Lipinski definition) is 4. The predicted molar refractivity (Wildman–Crippen MR) is 94.6 cm³/mol. The summed E-state index contributed by atoms with van der Waals surface area (Å²) in [5, 5.41) is 3.38. The molecule has 1 amide bonds. The number of amides is 1. The molecule has 3 rings (SSSR count). The topological polar surface area (TPSA) is 54.6 Å². The van der Waals surface area contributed by atoms with Crippen LogP contribution in [0, 0.1) is 13.8 Å². The number of hydrogen-bond donors (Lipinski definition) is 1. The smallest absolute Gasteiger partial charge is 0.264 e. The minimum absolute atomic E-state index is 0.136. The Hall–Kier alpha value is -2.53. The van der Waals surface area contributed by atoms with Crippen LogP contribution in [-0.2, 0) is 4.79 Å². The number of nitrogens with one attached hydrogen (secondary N) is 1. The summed E-state index contributed by atoms with van der Waals surface area (Å²) in [4.78, 5) is 17.1. The van der Waals surface area contributed by atoms with Crippen LogP contribution in [0.3, 0.4) is 0 Å². The van der Waals surface area contributed by atoms with Gasteiger partial charge in [-0.3, -0.25) is 4.79 Å². The van der Waals surface area contributed by atoms with Gasteiger partial charge in [-0.1, -0.05) is 23.8 Å². The summed E-state index contributed by atoms with van der Waals surface area (Å²) in [5.41, 5.74) is 3.14. The quantitative estimate of drug-likeness (QED) is 0.854. The first kappa shape index (κ1) is 15.4. The Morgan fingerprint density at radius 2 is 2.13 bits per heavy atom. The number of amidine groups is 1. The molecule has 0 aliphatic carbocycles. The second-order valence-corrected chi connectivity index (χ2v) is 6.20. The Morgan fingerprint density at radius 3 is 2.87 bits per heavy atom. The lowest BCUT2D eigenvalue weighted by molar-refractivity contribution is -0.115. The summed E-state index contributed by atoms with van der Waals surface area (Å²) < 4.78 is 5.20. The second kappa shape index (κ2) is 6.71. The summed E-state index contributed by atoms with van der Waals surface area (Å²) in [7, 11) is 0. The molecule has 0 atom stereocenters. The highest BCUT2D eigenvalue weighted by molar-refractivity contribution is 8.18. The molecule has 1 aliphatic heterocycles. The first-order valence-corrected chi connectivity index (χ1v) is 8.00. The molecule has 0 spiro atoms. The van der Waals surface area contributed by atoms with E-state index >= 15 is 0 Å². The van der Waals surface area contributed by atoms with E-state index < -0.39 is 0 Å². The SMILES string of the molecule is Cc1ccc(N=C2NC(=O)/C(=C\C=C\c3ccco3)S2)c(C)c1. The van der Waals surface area contributed by atoms with Gasteiger partial charge in [-0.25, -0.2) is 4.99 Å². The van der Waals surface area contributed by atoms with Gasteiger partial charge >= 0.3 is 0 Å². The fraction of sp³-hybridized carbons (Fsp3) is 0.111. The maximum Gasteiger partial charge on any atom is 0.264 e. The van der Waals surface area contributed by atoms with Crippen LogP contribution in [0.25, 0.3) is 6.08 Å². The van der Waals surface area contributed by atoms with Crippen molar-refractivity contribution < 1.29 is 9.21 Å². The maximum absolute atomic E-state index is 12.0. The Balaban J connectivity index is 1.75. The molecule has 1 saturated heterocycles. The normalized spacial score (nSPS) is 18.3. The zero-order valence-corrected chi connectivity index (χ0v) is 13.7. The highest BCUT2D eigenvalue weighted by Gasteiger charge is 2.23. The van der Waals surface area contributed by atoms with Gasteiger partial charge in [-0.05, 0) is 61.5 Å². The Bertz CT molecular complexity index is 818. The largest absolute Gasteiger partial charge is 0.465 e. The molecular weight excluding hydrogens is 308 g/mol. The Kier molecular flexibility index (Phi) is 4.48. The van der Waals surface area contributed by atoms with Crippen molar-refractivity contribution in [2.45, 2.75) is 13.8 Å². The van der Waals surface area contributed by atoms with E-state index in [0.29, 0.717) is 10.1 Å². The molecule has 0 unspecified atom stereocenters. The third kappa shape index (κ3) is 3.81. The summed E-state index contributed by atoms with van der Waals surface area (Å²) in [6.07, 6.45) is 6.96. The van der Waals surface area contributed by atoms with Gasteiger partial charge in [-0.2, -0.15) is 0 Å². The number of carbonyl (C=O) groups excluding carboxylic acids is 1. The predicted octanol–water partition coefficient (Wildman–Crippen LogP) is 4.34.